The minimum Gasteiger partial charge on any atom is -0.366 e. The molecule has 0 aliphatic rings. The lowest BCUT2D eigenvalue weighted by atomic mass is 10.0. The van der Waals surface area contributed by atoms with Crippen LogP contribution in [0, 0.1) is 18.6 Å². The van der Waals surface area contributed by atoms with Gasteiger partial charge in [-0.3, -0.25) is 0 Å². The quantitative estimate of drug-likeness (QED) is 0.927. The van der Waals surface area contributed by atoms with Gasteiger partial charge in [-0.15, -0.1) is 0 Å². The molecule has 2 nitrogen and oxygen atoms in total. The molecule has 0 bridgehead atoms. The van der Waals surface area contributed by atoms with E-state index in [1.165, 1.54) is 18.2 Å². The first-order chi connectivity index (χ1) is 9.52. The Bertz CT molecular complexity index is 599. The van der Waals surface area contributed by atoms with Gasteiger partial charge in [0.25, 0.3) is 0 Å². The van der Waals surface area contributed by atoms with E-state index in [0.29, 0.717) is 12.1 Å². The summed E-state index contributed by atoms with van der Waals surface area (Å²) < 4.78 is 26.7. The molecule has 20 heavy (non-hydrogen) atoms. The molecule has 106 valence electrons. The second-order valence-corrected chi connectivity index (χ2v) is 4.85. The third-order valence-electron chi connectivity index (χ3n) is 3.47. The van der Waals surface area contributed by atoms with Crippen molar-refractivity contribution >= 4 is 5.69 Å². The Labute approximate surface area is 117 Å². The van der Waals surface area contributed by atoms with Gasteiger partial charge in [0.2, 0.25) is 0 Å². The first-order valence-corrected chi connectivity index (χ1v) is 6.47. The minimum absolute atomic E-state index is 0.129. The van der Waals surface area contributed by atoms with Gasteiger partial charge in [0.1, 0.15) is 11.6 Å². The van der Waals surface area contributed by atoms with E-state index in [0.717, 1.165) is 11.3 Å². The van der Waals surface area contributed by atoms with Crippen molar-refractivity contribution < 1.29 is 8.78 Å². The lowest BCUT2D eigenvalue weighted by molar-refractivity contribution is 0.612. The molecule has 0 spiro atoms. The Morgan fingerprint density at radius 3 is 2.50 bits per heavy atom. The van der Waals surface area contributed by atoms with Gasteiger partial charge in [-0.2, -0.15) is 0 Å². The molecule has 0 amide bonds. The fourth-order valence-corrected chi connectivity index (χ4v) is 2.27. The van der Waals surface area contributed by atoms with E-state index in [1.807, 2.05) is 18.0 Å². The number of aryl methyl sites for hydroxylation is 1. The number of halogens is 2. The van der Waals surface area contributed by atoms with Crippen LogP contribution in [0.3, 0.4) is 0 Å². The summed E-state index contributed by atoms with van der Waals surface area (Å²) in [6, 6.07) is 11.1. The molecule has 0 aliphatic carbocycles. The van der Waals surface area contributed by atoms with Crippen molar-refractivity contribution in [2.24, 2.45) is 5.73 Å². The van der Waals surface area contributed by atoms with Crippen LogP contribution in [0.1, 0.15) is 17.2 Å². The molecular formula is C16H18F2N2. The number of nitrogens with zero attached hydrogens (tertiary/aromatic N) is 1. The van der Waals surface area contributed by atoms with E-state index in [2.05, 4.69) is 0 Å². The number of hydrogen-bond acceptors (Lipinski definition) is 2. The lowest BCUT2D eigenvalue weighted by Crippen LogP contribution is -2.30. The maximum atomic E-state index is 13.3. The predicted molar refractivity (Wildman–Crippen MR) is 77.7 cm³/mol. The molecule has 0 heterocycles. The summed E-state index contributed by atoms with van der Waals surface area (Å²) in [5.41, 5.74) is 8.07. The van der Waals surface area contributed by atoms with E-state index >= 15 is 0 Å². The summed E-state index contributed by atoms with van der Waals surface area (Å²) in [6.45, 7) is 2.08. The average molecular weight is 276 g/mol. The summed E-state index contributed by atoms with van der Waals surface area (Å²) in [7, 11) is 1.85. The second kappa shape index (κ2) is 6.01. The maximum absolute atomic E-state index is 13.3. The molecule has 4 heteroatoms. The topological polar surface area (TPSA) is 29.3 Å². The number of likely N-dealkylation sites (N-methyl/N-ethyl adjacent to an activating group) is 1. The number of benzene rings is 2. The van der Waals surface area contributed by atoms with Gasteiger partial charge in [0.05, 0.1) is 6.04 Å². The highest BCUT2D eigenvalue weighted by atomic mass is 19.1. The van der Waals surface area contributed by atoms with Crippen LogP contribution in [0.5, 0.6) is 0 Å². The number of nitrogens with two attached hydrogens (primary N) is 1. The molecular weight excluding hydrogens is 258 g/mol. The Morgan fingerprint density at radius 1 is 1.15 bits per heavy atom. The Balaban J connectivity index is 2.33. The minimum atomic E-state index is -0.291. The molecule has 0 aromatic heterocycles. The number of rotatable bonds is 4. The van der Waals surface area contributed by atoms with Gasteiger partial charge >= 0.3 is 0 Å². The van der Waals surface area contributed by atoms with Crippen molar-refractivity contribution in [2.75, 3.05) is 18.5 Å². The Morgan fingerprint density at radius 2 is 1.90 bits per heavy atom. The Hall–Kier alpha value is -1.94. The van der Waals surface area contributed by atoms with Gasteiger partial charge in [-0.1, -0.05) is 18.2 Å². The van der Waals surface area contributed by atoms with Crippen molar-refractivity contribution in [3.05, 3.63) is 65.2 Å². The molecule has 0 saturated carbocycles. The molecule has 2 rings (SSSR count). The predicted octanol–water partition coefficient (Wildman–Crippen LogP) is 3.41. The number of hydrogen-bond donors (Lipinski definition) is 1. The highest BCUT2D eigenvalue weighted by molar-refractivity contribution is 5.48. The van der Waals surface area contributed by atoms with E-state index < -0.39 is 0 Å². The van der Waals surface area contributed by atoms with Crippen LogP contribution >= 0.6 is 0 Å². The van der Waals surface area contributed by atoms with Crippen molar-refractivity contribution in [3.8, 4) is 0 Å². The number of anilines is 1. The van der Waals surface area contributed by atoms with E-state index in [1.54, 1.807) is 25.1 Å². The Kier molecular flexibility index (Phi) is 4.35. The zero-order valence-electron chi connectivity index (χ0n) is 11.6. The van der Waals surface area contributed by atoms with Crippen LogP contribution in [0.2, 0.25) is 0 Å². The maximum Gasteiger partial charge on any atom is 0.126 e. The van der Waals surface area contributed by atoms with Crippen molar-refractivity contribution in [1.29, 1.82) is 0 Å². The lowest BCUT2D eigenvalue weighted by Gasteiger charge is -2.29. The van der Waals surface area contributed by atoms with Crippen LogP contribution in [0.15, 0.2) is 42.5 Å². The molecule has 2 aromatic carbocycles. The van der Waals surface area contributed by atoms with Crippen LogP contribution in [0.25, 0.3) is 0 Å². The molecule has 1 unspecified atom stereocenters. The molecule has 0 saturated heterocycles. The molecule has 2 aromatic rings. The van der Waals surface area contributed by atoms with Crippen molar-refractivity contribution in [2.45, 2.75) is 13.0 Å². The molecule has 0 aliphatic heterocycles. The van der Waals surface area contributed by atoms with Gasteiger partial charge < -0.3 is 10.6 Å². The monoisotopic (exact) mass is 276 g/mol. The molecule has 0 fully saturated rings. The summed E-state index contributed by atoms with van der Waals surface area (Å²) in [5.74, 6) is -0.529. The summed E-state index contributed by atoms with van der Waals surface area (Å²) in [5, 5.41) is 0. The van der Waals surface area contributed by atoms with Crippen LogP contribution < -0.4 is 10.6 Å². The zero-order valence-corrected chi connectivity index (χ0v) is 11.6. The third-order valence-corrected chi connectivity index (χ3v) is 3.47. The molecule has 2 N–H and O–H groups in total. The van der Waals surface area contributed by atoms with Crippen molar-refractivity contribution in [1.82, 2.24) is 0 Å². The third kappa shape index (κ3) is 2.96. The normalized spacial score (nSPS) is 12.2. The van der Waals surface area contributed by atoms with Gasteiger partial charge in [0.15, 0.2) is 0 Å². The first-order valence-electron chi connectivity index (χ1n) is 6.47. The zero-order chi connectivity index (χ0) is 14.7. The second-order valence-electron chi connectivity index (χ2n) is 4.85. The largest absolute Gasteiger partial charge is 0.366 e. The fourth-order valence-electron chi connectivity index (χ4n) is 2.27. The first kappa shape index (κ1) is 14.5. The van der Waals surface area contributed by atoms with Gasteiger partial charge in [0, 0.05) is 19.3 Å². The summed E-state index contributed by atoms with van der Waals surface area (Å²) >= 11 is 0. The highest BCUT2D eigenvalue weighted by Gasteiger charge is 2.17. The van der Waals surface area contributed by atoms with Crippen molar-refractivity contribution in [3.63, 3.8) is 0 Å². The van der Waals surface area contributed by atoms with Gasteiger partial charge in [-0.05, 0) is 42.3 Å². The molecule has 1 atom stereocenters. The van der Waals surface area contributed by atoms with Crippen LogP contribution in [-0.2, 0) is 0 Å². The summed E-state index contributed by atoms with van der Waals surface area (Å²) in [4.78, 5) is 1.90. The standard InChI is InChI=1S/C16H18F2N2/c1-11-8-12(6-7-15(11)18)16(10-19)20(2)14-5-3-4-13(17)9-14/h3-9,16H,10,19H2,1-2H3. The van der Waals surface area contributed by atoms with E-state index in [-0.39, 0.29) is 17.7 Å². The SMILES string of the molecule is Cc1cc(C(CN)N(C)c2cccc(F)c2)ccc1F. The summed E-state index contributed by atoms with van der Waals surface area (Å²) in [6.07, 6.45) is 0. The van der Waals surface area contributed by atoms with Crippen LogP contribution in [-0.4, -0.2) is 13.6 Å². The van der Waals surface area contributed by atoms with Crippen LogP contribution in [0.4, 0.5) is 14.5 Å². The smallest absolute Gasteiger partial charge is 0.126 e. The van der Waals surface area contributed by atoms with Gasteiger partial charge in [-0.25, -0.2) is 8.78 Å². The van der Waals surface area contributed by atoms with E-state index in [4.69, 9.17) is 5.73 Å². The molecule has 0 radical (unpaired) electrons. The fraction of sp³-hybridized carbons (Fsp3) is 0.250. The average Bonchev–Trinajstić information content (AvgIpc) is 2.43. The van der Waals surface area contributed by atoms with E-state index in [9.17, 15) is 8.78 Å². The highest BCUT2D eigenvalue weighted by Crippen LogP contribution is 2.26.